The van der Waals surface area contributed by atoms with Crippen molar-refractivity contribution in [2.24, 2.45) is 5.92 Å². The zero-order chi connectivity index (χ0) is 8.39. The highest BCUT2D eigenvalue weighted by atomic mass is 16.5. The molecule has 1 atom stereocenters. The van der Waals surface area contributed by atoms with Gasteiger partial charge in [-0.05, 0) is 32.4 Å². The van der Waals surface area contributed by atoms with Gasteiger partial charge < -0.3 is 9.64 Å². The number of carbonyl (C=O) groups excluding carboxylic acids is 1. The fraction of sp³-hybridized carbons (Fsp3) is 0.889. The van der Waals surface area contributed by atoms with Gasteiger partial charge in [0.1, 0.15) is 0 Å². The quantitative estimate of drug-likeness (QED) is 0.568. The van der Waals surface area contributed by atoms with Gasteiger partial charge in [0.25, 0.3) is 0 Å². The summed E-state index contributed by atoms with van der Waals surface area (Å²) < 4.78 is 4.91. The van der Waals surface area contributed by atoms with Crippen LogP contribution in [0.15, 0.2) is 0 Å². The van der Waals surface area contributed by atoms with Crippen LogP contribution in [0.25, 0.3) is 0 Å². The smallest absolute Gasteiger partial charge is 0.310 e. The molecule has 2 saturated heterocycles. The van der Waals surface area contributed by atoms with Crippen LogP contribution in [-0.2, 0) is 9.53 Å². The Labute approximate surface area is 72.7 Å². The number of rotatable bonds is 2. The van der Waals surface area contributed by atoms with Crippen molar-refractivity contribution in [2.75, 3.05) is 26.2 Å². The van der Waals surface area contributed by atoms with Gasteiger partial charge in [0.05, 0.1) is 12.5 Å². The fourth-order valence-electron chi connectivity index (χ4n) is 1.98. The largest absolute Gasteiger partial charge is 0.465 e. The topological polar surface area (TPSA) is 29.5 Å². The molecule has 0 radical (unpaired) electrons. The predicted octanol–water partition coefficient (Wildman–Crippen LogP) is 0.645. The van der Waals surface area contributed by atoms with Gasteiger partial charge in [0.2, 0.25) is 0 Å². The van der Waals surface area contributed by atoms with E-state index >= 15 is 0 Å². The number of hydrogen-bond acceptors (Lipinski definition) is 3. The van der Waals surface area contributed by atoms with Crippen LogP contribution in [0.5, 0.6) is 0 Å². The third-order valence-electron chi connectivity index (χ3n) is 2.72. The molecule has 2 fully saturated rings. The molecule has 3 heteroatoms. The first-order valence-electron chi connectivity index (χ1n) is 4.75. The normalized spacial score (nSPS) is 31.0. The number of esters is 1. The van der Waals surface area contributed by atoms with E-state index in [-0.39, 0.29) is 11.9 Å². The number of ether oxygens (including phenoxy) is 1. The second kappa shape index (κ2) is 3.44. The average molecular weight is 169 g/mol. The van der Waals surface area contributed by atoms with Crippen LogP contribution in [0.1, 0.15) is 19.3 Å². The number of carbonyl (C=O) groups is 1. The zero-order valence-corrected chi connectivity index (χ0v) is 7.29. The van der Waals surface area contributed by atoms with Gasteiger partial charge in [-0.1, -0.05) is 0 Å². The van der Waals surface area contributed by atoms with E-state index in [0.717, 1.165) is 13.0 Å². The third-order valence-corrected chi connectivity index (χ3v) is 2.72. The maximum absolute atomic E-state index is 11.1. The maximum Gasteiger partial charge on any atom is 0.310 e. The molecule has 0 bridgehead atoms. The molecule has 68 valence electrons. The summed E-state index contributed by atoms with van der Waals surface area (Å²) in [5, 5.41) is 0. The molecule has 2 heterocycles. The van der Waals surface area contributed by atoms with E-state index in [9.17, 15) is 4.79 Å². The molecule has 2 aliphatic heterocycles. The minimum atomic E-state index is 0.0156. The van der Waals surface area contributed by atoms with Gasteiger partial charge >= 0.3 is 5.97 Å². The van der Waals surface area contributed by atoms with Crippen molar-refractivity contribution in [3.05, 3.63) is 0 Å². The molecule has 3 nitrogen and oxygen atoms in total. The van der Waals surface area contributed by atoms with Crippen molar-refractivity contribution in [1.82, 2.24) is 4.90 Å². The fourth-order valence-corrected chi connectivity index (χ4v) is 1.98. The Morgan fingerprint density at radius 2 is 2.17 bits per heavy atom. The summed E-state index contributed by atoms with van der Waals surface area (Å²) in [4.78, 5) is 13.5. The molecule has 2 aliphatic rings. The van der Waals surface area contributed by atoms with Crippen LogP contribution < -0.4 is 0 Å². The minimum Gasteiger partial charge on any atom is -0.465 e. The average Bonchev–Trinajstić information content (AvgIpc) is 2.65. The molecule has 2 rings (SSSR count). The van der Waals surface area contributed by atoms with Crippen LogP contribution in [0.2, 0.25) is 0 Å². The molecule has 0 unspecified atom stereocenters. The Balaban J connectivity index is 1.81. The SMILES string of the molecule is O=C1OCC[C@@H]1CN1CCCC1. The standard InChI is InChI=1S/C9H15NO2/c11-9-8(3-6-12-9)7-10-4-1-2-5-10/h8H,1-7H2/t8-/m1/s1. The van der Waals surface area contributed by atoms with E-state index < -0.39 is 0 Å². The van der Waals surface area contributed by atoms with E-state index in [2.05, 4.69) is 4.90 Å². The summed E-state index contributed by atoms with van der Waals surface area (Å²) in [6.45, 7) is 3.91. The Hall–Kier alpha value is -0.570. The summed E-state index contributed by atoms with van der Waals surface area (Å²) in [6.07, 6.45) is 3.51. The highest BCUT2D eigenvalue weighted by Crippen LogP contribution is 2.18. The Bertz CT molecular complexity index is 175. The van der Waals surface area contributed by atoms with Gasteiger partial charge in [0.15, 0.2) is 0 Å². The second-order valence-corrected chi connectivity index (χ2v) is 3.66. The lowest BCUT2D eigenvalue weighted by atomic mass is 10.1. The highest BCUT2D eigenvalue weighted by molar-refractivity contribution is 5.74. The number of hydrogen-bond donors (Lipinski definition) is 0. The van der Waals surface area contributed by atoms with E-state index in [1.165, 1.54) is 25.9 Å². The molecule has 0 amide bonds. The number of nitrogens with zero attached hydrogens (tertiary/aromatic N) is 1. The molecule has 0 aromatic heterocycles. The molecular formula is C9H15NO2. The molecule has 0 aliphatic carbocycles. The first-order valence-corrected chi connectivity index (χ1v) is 4.75. The van der Waals surface area contributed by atoms with E-state index in [1.54, 1.807) is 0 Å². The minimum absolute atomic E-state index is 0.0156. The second-order valence-electron chi connectivity index (χ2n) is 3.66. The van der Waals surface area contributed by atoms with E-state index in [1.807, 2.05) is 0 Å². The summed E-state index contributed by atoms with van der Waals surface area (Å²) in [7, 11) is 0. The van der Waals surface area contributed by atoms with Crippen molar-refractivity contribution in [2.45, 2.75) is 19.3 Å². The van der Waals surface area contributed by atoms with Crippen LogP contribution in [0.3, 0.4) is 0 Å². The molecular weight excluding hydrogens is 154 g/mol. The molecule has 0 aromatic rings. The Morgan fingerprint density at radius 1 is 1.42 bits per heavy atom. The van der Waals surface area contributed by atoms with Crippen LogP contribution in [-0.4, -0.2) is 37.1 Å². The Kier molecular flexibility index (Phi) is 2.30. The van der Waals surface area contributed by atoms with Gasteiger partial charge in [-0.15, -0.1) is 0 Å². The molecule has 0 N–H and O–H groups in total. The summed E-state index contributed by atoms with van der Waals surface area (Å²) in [5.41, 5.74) is 0. The molecule has 0 saturated carbocycles. The first kappa shape index (κ1) is 8.05. The molecule has 0 spiro atoms. The van der Waals surface area contributed by atoms with Gasteiger partial charge in [-0.2, -0.15) is 0 Å². The van der Waals surface area contributed by atoms with Crippen molar-refractivity contribution in [1.29, 1.82) is 0 Å². The predicted molar refractivity (Wildman–Crippen MR) is 44.7 cm³/mol. The van der Waals surface area contributed by atoms with Crippen LogP contribution in [0.4, 0.5) is 0 Å². The lowest BCUT2D eigenvalue weighted by molar-refractivity contribution is -0.141. The zero-order valence-electron chi connectivity index (χ0n) is 7.29. The van der Waals surface area contributed by atoms with Gasteiger partial charge in [0, 0.05) is 6.54 Å². The number of likely N-dealkylation sites (tertiary alicyclic amines) is 1. The summed E-state index contributed by atoms with van der Waals surface area (Å²) in [5.74, 6) is 0.185. The van der Waals surface area contributed by atoms with Crippen LogP contribution >= 0.6 is 0 Å². The van der Waals surface area contributed by atoms with Gasteiger partial charge in [-0.3, -0.25) is 4.79 Å². The lowest BCUT2D eigenvalue weighted by Gasteiger charge is -2.16. The number of cyclic esters (lactones) is 1. The molecule has 0 aromatic carbocycles. The maximum atomic E-state index is 11.1. The van der Waals surface area contributed by atoms with Crippen molar-refractivity contribution in [3.8, 4) is 0 Å². The molecule has 12 heavy (non-hydrogen) atoms. The Morgan fingerprint density at radius 3 is 2.75 bits per heavy atom. The van der Waals surface area contributed by atoms with Crippen molar-refractivity contribution < 1.29 is 9.53 Å². The van der Waals surface area contributed by atoms with Crippen molar-refractivity contribution in [3.63, 3.8) is 0 Å². The summed E-state index contributed by atoms with van der Waals surface area (Å²) in [6, 6.07) is 0. The third kappa shape index (κ3) is 1.61. The lowest BCUT2D eigenvalue weighted by Crippen LogP contribution is -2.28. The highest BCUT2D eigenvalue weighted by Gasteiger charge is 2.28. The first-order chi connectivity index (χ1) is 5.86. The monoisotopic (exact) mass is 169 g/mol. The van der Waals surface area contributed by atoms with Gasteiger partial charge in [-0.25, -0.2) is 0 Å². The van der Waals surface area contributed by atoms with Crippen LogP contribution in [0, 0.1) is 5.92 Å². The summed E-state index contributed by atoms with van der Waals surface area (Å²) >= 11 is 0. The van der Waals surface area contributed by atoms with E-state index in [0.29, 0.717) is 6.61 Å². The van der Waals surface area contributed by atoms with Crippen molar-refractivity contribution >= 4 is 5.97 Å². The van der Waals surface area contributed by atoms with E-state index in [4.69, 9.17) is 4.74 Å².